The average Bonchev–Trinajstić information content (AvgIpc) is 3.22. The molecule has 0 amide bonds. The van der Waals surface area contributed by atoms with Crippen LogP contribution in [0.15, 0.2) is 48.5 Å². The van der Waals surface area contributed by atoms with Crippen molar-refractivity contribution in [2.75, 3.05) is 12.4 Å². The molecule has 2 aromatic carbocycles. The van der Waals surface area contributed by atoms with E-state index in [1.54, 1.807) is 35.6 Å². The smallest absolute Gasteiger partial charge is 0.337 e. The highest BCUT2D eigenvalue weighted by atomic mass is 32.1. The van der Waals surface area contributed by atoms with Crippen LogP contribution in [0.5, 0.6) is 0 Å². The molecule has 0 radical (unpaired) electrons. The van der Waals surface area contributed by atoms with Crippen molar-refractivity contribution in [3.63, 3.8) is 0 Å². The lowest BCUT2D eigenvalue weighted by Gasteiger charge is -2.13. The summed E-state index contributed by atoms with van der Waals surface area (Å²) in [7, 11) is 1.37. The van der Waals surface area contributed by atoms with Crippen LogP contribution in [0.4, 0.5) is 10.2 Å². The summed E-state index contributed by atoms with van der Waals surface area (Å²) in [4.78, 5) is 23.9. The van der Waals surface area contributed by atoms with Gasteiger partial charge in [-0.3, -0.25) is 0 Å². The van der Waals surface area contributed by atoms with E-state index in [-0.39, 0.29) is 11.8 Å². The Morgan fingerprint density at radius 2 is 1.81 bits per heavy atom. The highest BCUT2D eigenvalue weighted by molar-refractivity contribution is 7.19. The minimum absolute atomic E-state index is 0.247. The second-order valence-electron chi connectivity index (χ2n) is 7.84. The van der Waals surface area contributed by atoms with Crippen LogP contribution in [0.25, 0.3) is 21.6 Å². The average molecular weight is 448 g/mol. The summed E-state index contributed by atoms with van der Waals surface area (Å²) in [5, 5.41) is 4.57. The number of aryl methyl sites for hydroxylation is 2. The minimum Gasteiger partial charge on any atom is -0.465 e. The molecular weight excluding hydrogens is 425 g/mol. The van der Waals surface area contributed by atoms with Gasteiger partial charge in [0.2, 0.25) is 0 Å². The summed E-state index contributed by atoms with van der Waals surface area (Å²) in [6, 6.07) is 13.6. The van der Waals surface area contributed by atoms with E-state index in [1.807, 2.05) is 12.1 Å². The van der Waals surface area contributed by atoms with E-state index in [2.05, 4.69) is 5.32 Å². The van der Waals surface area contributed by atoms with Crippen molar-refractivity contribution in [1.82, 2.24) is 9.97 Å². The standard InChI is InChI=1S/C25H22FN3O2S/c1-31-25(30)17-10-8-16(9-11-17)22-28-23(27-14-15-6-12-18(26)13-7-15)21-19-4-2-3-5-20(19)32-24(21)29-22/h6-13H,2-5,14H2,1H3,(H,27,28,29). The highest BCUT2D eigenvalue weighted by Gasteiger charge is 2.21. The summed E-state index contributed by atoms with van der Waals surface area (Å²) >= 11 is 1.74. The number of aromatic nitrogens is 2. The predicted octanol–water partition coefficient (Wildman–Crippen LogP) is 5.77. The van der Waals surface area contributed by atoms with Crippen LogP contribution in [-0.2, 0) is 24.1 Å². The number of carbonyl (C=O) groups is 1. The Hall–Kier alpha value is -3.32. The molecule has 1 N–H and O–H groups in total. The molecule has 0 fully saturated rings. The van der Waals surface area contributed by atoms with E-state index >= 15 is 0 Å². The van der Waals surface area contributed by atoms with Crippen LogP contribution < -0.4 is 5.32 Å². The maximum atomic E-state index is 13.3. The first-order valence-corrected chi connectivity index (χ1v) is 11.4. The molecule has 4 aromatic rings. The van der Waals surface area contributed by atoms with Crippen LogP contribution in [0.1, 0.15) is 39.2 Å². The molecule has 5 rings (SSSR count). The number of esters is 1. The number of carbonyl (C=O) groups excluding carboxylic acids is 1. The zero-order valence-corrected chi connectivity index (χ0v) is 18.5. The van der Waals surface area contributed by atoms with Crippen molar-refractivity contribution in [3.05, 3.63) is 75.9 Å². The van der Waals surface area contributed by atoms with Gasteiger partial charge in [-0.2, -0.15) is 0 Å². The third-order valence-corrected chi connectivity index (χ3v) is 6.94. The van der Waals surface area contributed by atoms with Gasteiger partial charge in [-0.25, -0.2) is 19.2 Å². The van der Waals surface area contributed by atoms with E-state index in [0.717, 1.165) is 40.0 Å². The topological polar surface area (TPSA) is 64.1 Å². The third-order valence-electron chi connectivity index (χ3n) is 5.75. The Balaban J connectivity index is 1.55. The van der Waals surface area contributed by atoms with Crippen molar-refractivity contribution >= 4 is 33.3 Å². The molecule has 5 nitrogen and oxygen atoms in total. The van der Waals surface area contributed by atoms with E-state index < -0.39 is 0 Å². The van der Waals surface area contributed by atoms with Gasteiger partial charge in [0, 0.05) is 17.0 Å². The van der Waals surface area contributed by atoms with Gasteiger partial charge in [0.05, 0.1) is 18.1 Å². The number of halogens is 1. The van der Waals surface area contributed by atoms with E-state index in [1.165, 1.54) is 42.5 Å². The molecule has 0 bridgehead atoms. The van der Waals surface area contributed by atoms with Gasteiger partial charge in [-0.05, 0) is 61.1 Å². The second kappa shape index (κ2) is 8.67. The van der Waals surface area contributed by atoms with Crippen LogP contribution in [0.2, 0.25) is 0 Å². The van der Waals surface area contributed by atoms with E-state index in [0.29, 0.717) is 17.9 Å². The molecule has 2 heterocycles. The molecule has 7 heteroatoms. The summed E-state index contributed by atoms with van der Waals surface area (Å²) < 4.78 is 18.1. The number of nitrogens with one attached hydrogen (secondary N) is 1. The first-order valence-electron chi connectivity index (χ1n) is 10.6. The molecule has 0 unspecified atom stereocenters. The number of nitrogens with zero attached hydrogens (tertiary/aromatic N) is 2. The van der Waals surface area contributed by atoms with Crippen LogP contribution in [0.3, 0.4) is 0 Å². The first kappa shape index (κ1) is 20.6. The van der Waals surface area contributed by atoms with Crippen molar-refractivity contribution in [1.29, 1.82) is 0 Å². The molecular formula is C25H22FN3O2S. The fraction of sp³-hybridized carbons (Fsp3) is 0.240. The van der Waals surface area contributed by atoms with Gasteiger partial charge in [-0.1, -0.05) is 24.3 Å². The van der Waals surface area contributed by atoms with Crippen molar-refractivity contribution in [2.24, 2.45) is 0 Å². The maximum absolute atomic E-state index is 13.3. The van der Waals surface area contributed by atoms with Crippen LogP contribution >= 0.6 is 11.3 Å². The van der Waals surface area contributed by atoms with Crippen LogP contribution in [0, 0.1) is 5.82 Å². The normalized spacial score (nSPS) is 13.1. The number of rotatable bonds is 5. The fourth-order valence-corrected chi connectivity index (χ4v) is 5.34. The van der Waals surface area contributed by atoms with Crippen molar-refractivity contribution < 1.29 is 13.9 Å². The fourth-order valence-electron chi connectivity index (χ4n) is 4.08. The number of methoxy groups -OCH3 is 1. The summed E-state index contributed by atoms with van der Waals surface area (Å²) in [6.45, 7) is 0.539. The minimum atomic E-state index is -0.375. The quantitative estimate of drug-likeness (QED) is 0.393. The molecule has 32 heavy (non-hydrogen) atoms. The Bertz CT molecular complexity index is 1280. The number of benzene rings is 2. The molecule has 162 valence electrons. The molecule has 0 spiro atoms. The lowest BCUT2D eigenvalue weighted by Crippen LogP contribution is -2.06. The largest absolute Gasteiger partial charge is 0.465 e. The maximum Gasteiger partial charge on any atom is 0.337 e. The Morgan fingerprint density at radius 3 is 2.56 bits per heavy atom. The predicted molar refractivity (Wildman–Crippen MR) is 125 cm³/mol. The second-order valence-corrected chi connectivity index (χ2v) is 8.92. The molecule has 1 aliphatic rings. The molecule has 0 saturated carbocycles. The molecule has 0 aliphatic heterocycles. The molecule has 0 saturated heterocycles. The Labute approximate surface area is 189 Å². The summed E-state index contributed by atoms with van der Waals surface area (Å²) in [6.07, 6.45) is 4.49. The number of ether oxygens (including phenoxy) is 1. The van der Waals surface area contributed by atoms with Gasteiger partial charge < -0.3 is 10.1 Å². The van der Waals surface area contributed by atoms with E-state index in [4.69, 9.17) is 14.7 Å². The highest BCUT2D eigenvalue weighted by Crippen LogP contribution is 2.39. The third kappa shape index (κ3) is 3.96. The van der Waals surface area contributed by atoms with Gasteiger partial charge in [0.15, 0.2) is 5.82 Å². The van der Waals surface area contributed by atoms with Crippen LogP contribution in [-0.4, -0.2) is 23.0 Å². The monoisotopic (exact) mass is 447 g/mol. The number of anilines is 1. The van der Waals surface area contributed by atoms with Gasteiger partial charge in [-0.15, -0.1) is 11.3 Å². The van der Waals surface area contributed by atoms with E-state index in [9.17, 15) is 9.18 Å². The lowest BCUT2D eigenvalue weighted by molar-refractivity contribution is 0.0600. The van der Waals surface area contributed by atoms with Crippen molar-refractivity contribution in [2.45, 2.75) is 32.2 Å². The summed E-state index contributed by atoms with van der Waals surface area (Å²) in [5.41, 5.74) is 3.64. The van der Waals surface area contributed by atoms with Gasteiger partial charge in [0.1, 0.15) is 16.5 Å². The molecule has 2 aromatic heterocycles. The SMILES string of the molecule is COC(=O)c1ccc(-c2nc(NCc3ccc(F)cc3)c3c4c(sc3n2)CCCC4)cc1. The lowest BCUT2D eigenvalue weighted by atomic mass is 9.97. The van der Waals surface area contributed by atoms with Gasteiger partial charge in [0.25, 0.3) is 0 Å². The molecule has 1 aliphatic carbocycles. The number of thiophene rings is 1. The number of hydrogen-bond acceptors (Lipinski definition) is 6. The Kier molecular flexibility index (Phi) is 5.57. The van der Waals surface area contributed by atoms with Gasteiger partial charge >= 0.3 is 5.97 Å². The number of hydrogen-bond donors (Lipinski definition) is 1. The zero-order chi connectivity index (χ0) is 22.1. The van der Waals surface area contributed by atoms with Crippen molar-refractivity contribution in [3.8, 4) is 11.4 Å². The Morgan fingerprint density at radius 1 is 1.06 bits per heavy atom. The first-order chi connectivity index (χ1) is 15.6. The molecule has 0 atom stereocenters. The zero-order valence-electron chi connectivity index (χ0n) is 17.7. The summed E-state index contributed by atoms with van der Waals surface area (Å²) in [5.74, 6) is 0.781. The number of fused-ring (bicyclic) bond motifs is 3.